The third-order valence-corrected chi connectivity index (χ3v) is 3.90. The minimum atomic E-state index is -3.82. The molecule has 6 heteroatoms. The molecular formula is C12H18N2O3S. The summed E-state index contributed by atoms with van der Waals surface area (Å²) in [7, 11) is -1.78. The van der Waals surface area contributed by atoms with Crippen molar-refractivity contribution >= 4 is 21.5 Å². The number of rotatable bonds is 5. The van der Waals surface area contributed by atoms with E-state index in [2.05, 4.69) is 21.9 Å². The van der Waals surface area contributed by atoms with Gasteiger partial charge < -0.3 is 9.80 Å². The molecule has 1 heterocycles. The van der Waals surface area contributed by atoms with Gasteiger partial charge in [0, 0.05) is 13.6 Å². The molecule has 5 nitrogen and oxygen atoms in total. The Hall–Kier alpha value is -1.27. The first-order chi connectivity index (χ1) is 8.47. The highest BCUT2D eigenvalue weighted by Crippen LogP contribution is 2.34. The van der Waals surface area contributed by atoms with Crippen molar-refractivity contribution < 1.29 is 13.0 Å². The molecule has 0 saturated carbocycles. The molecule has 0 amide bonds. The van der Waals surface area contributed by atoms with Crippen LogP contribution in [0, 0.1) is 0 Å². The summed E-state index contributed by atoms with van der Waals surface area (Å²) in [5.41, 5.74) is 2.39. The fourth-order valence-electron chi connectivity index (χ4n) is 2.24. The van der Waals surface area contributed by atoms with E-state index in [-0.39, 0.29) is 5.75 Å². The smallest absolute Gasteiger partial charge is 0.264 e. The minimum Gasteiger partial charge on any atom is -0.355 e. The standard InChI is InChI=1S/C12H18N2O3S/c1-13-10-14(8-4-5-9-18(15,16)17)12-7-3-2-6-11(12)13/h2-3,6-7H,4-5,8-10H2,1H3,(H,15,16,17). The van der Waals surface area contributed by atoms with Gasteiger partial charge in [-0.2, -0.15) is 8.42 Å². The van der Waals surface area contributed by atoms with E-state index >= 15 is 0 Å². The average molecular weight is 270 g/mol. The van der Waals surface area contributed by atoms with Crippen molar-refractivity contribution in [3.05, 3.63) is 24.3 Å². The van der Waals surface area contributed by atoms with Crippen LogP contribution >= 0.6 is 0 Å². The highest BCUT2D eigenvalue weighted by molar-refractivity contribution is 7.85. The molecule has 0 radical (unpaired) electrons. The number of hydrogen-bond donors (Lipinski definition) is 1. The van der Waals surface area contributed by atoms with E-state index in [9.17, 15) is 8.42 Å². The summed E-state index contributed by atoms with van der Waals surface area (Å²) < 4.78 is 29.9. The molecule has 0 aromatic heterocycles. The third-order valence-electron chi connectivity index (χ3n) is 3.10. The Morgan fingerprint density at radius 2 is 1.89 bits per heavy atom. The summed E-state index contributed by atoms with van der Waals surface area (Å²) in [6.45, 7) is 1.63. The SMILES string of the molecule is CN1CN(CCCCS(=O)(=O)O)c2ccccc21. The van der Waals surface area contributed by atoms with Gasteiger partial charge >= 0.3 is 0 Å². The van der Waals surface area contributed by atoms with Crippen molar-refractivity contribution in [1.82, 2.24) is 0 Å². The predicted molar refractivity (Wildman–Crippen MR) is 72.7 cm³/mol. The summed E-state index contributed by atoms with van der Waals surface area (Å²) in [4.78, 5) is 4.39. The van der Waals surface area contributed by atoms with Gasteiger partial charge in [-0.15, -0.1) is 0 Å². The number of benzene rings is 1. The third kappa shape index (κ3) is 3.14. The number of hydrogen-bond acceptors (Lipinski definition) is 4. The number of fused-ring (bicyclic) bond motifs is 1. The second kappa shape index (κ2) is 5.16. The highest BCUT2D eigenvalue weighted by Gasteiger charge is 2.21. The van der Waals surface area contributed by atoms with E-state index in [1.54, 1.807) is 0 Å². The van der Waals surface area contributed by atoms with Crippen LogP contribution in [-0.2, 0) is 10.1 Å². The van der Waals surface area contributed by atoms with Gasteiger partial charge in [-0.1, -0.05) is 12.1 Å². The maximum atomic E-state index is 10.6. The maximum Gasteiger partial charge on any atom is 0.264 e. The average Bonchev–Trinajstić information content (AvgIpc) is 2.62. The Kier molecular flexibility index (Phi) is 3.77. The zero-order valence-corrected chi connectivity index (χ0v) is 11.2. The molecule has 0 aliphatic carbocycles. The van der Waals surface area contributed by atoms with Gasteiger partial charge in [-0.25, -0.2) is 0 Å². The van der Waals surface area contributed by atoms with Gasteiger partial charge in [-0.3, -0.25) is 4.55 Å². The molecule has 1 aliphatic heterocycles. The number of anilines is 2. The van der Waals surface area contributed by atoms with Crippen molar-refractivity contribution in [1.29, 1.82) is 0 Å². The summed E-state index contributed by atoms with van der Waals surface area (Å²) >= 11 is 0. The van der Waals surface area contributed by atoms with Crippen molar-refractivity contribution in [2.75, 3.05) is 35.8 Å². The Labute approximate surface area is 108 Å². The molecule has 1 aromatic rings. The van der Waals surface area contributed by atoms with E-state index in [1.807, 2.05) is 19.2 Å². The topological polar surface area (TPSA) is 60.9 Å². The first-order valence-corrected chi connectivity index (χ1v) is 7.58. The number of unbranched alkanes of at least 4 members (excludes halogenated alkanes) is 1. The first kappa shape index (κ1) is 13.2. The molecule has 1 aliphatic rings. The number of nitrogens with zero attached hydrogens (tertiary/aromatic N) is 2. The zero-order valence-electron chi connectivity index (χ0n) is 10.4. The Morgan fingerprint density at radius 1 is 1.22 bits per heavy atom. The summed E-state index contributed by atoms with van der Waals surface area (Å²) in [6, 6.07) is 8.16. The molecule has 0 bridgehead atoms. The largest absolute Gasteiger partial charge is 0.355 e. The Morgan fingerprint density at radius 3 is 2.56 bits per heavy atom. The van der Waals surface area contributed by atoms with E-state index in [0.29, 0.717) is 6.42 Å². The zero-order chi connectivity index (χ0) is 13.2. The van der Waals surface area contributed by atoms with Crippen LogP contribution in [0.25, 0.3) is 0 Å². The highest BCUT2D eigenvalue weighted by atomic mass is 32.2. The lowest BCUT2D eigenvalue weighted by atomic mass is 10.2. The molecular weight excluding hydrogens is 252 g/mol. The molecule has 100 valence electrons. The molecule has 0 fully saturated rings. The van der Waals surface area contributed by atoms with Crippen molar-refractivity contribution in [2.45, 2.75) is 12.8 Å². The van der Waals surface area contributed by atoms with E-state index in [0.717, 1.165) is 19.6 Å². The van der Waals surface area contributed by atoms with Crippen LogP contribution in [0.5, 0.6) is 0 Å². The second-order valence-electron chi connectivity index (χ2n) is 4.58. The van der Waals surface area contributed by atoms with Crippen LogP contribution in [0.4, 0.5) is 11.4 Å². The molecule has 2 rings (SSSR count). The lowest BCUT2D eigenvalue weighted by Gasteiger charge is -2.18. The van der Waals surface area contributed by atoms with Gasteiger partial charge in [0.15, 0.2) is 0 Å². The lowest BCUT2D eigenvalue weighted by molar-refractivity contribution is 0.480. The van der Waals surface area contributed by atoms with E-state index in [4.69, 9.17) is 4.55 Å². The maximum absolute atomic E-state index is 10.6. The Balaban J connectivity index is 1.89. The summed E-state index contributed by atoms with van der Waals surface area (Å²) in [6.07, 6.45) is 1.24. The molecule has 0 atom stereocenters. The van der Waals surface area contributed by atoms with E-state index in [1.165, 1.54) is 11.4 Å². The molecule has 1 N–H and O–H groups in total. The molecule has 1 aromatic carbocycles. The first-order valence-electron chi connectivity index (χ1n) is 5.98. The van der Waals surface area contributed by atoms with Gasteiger partial charge in [-0.05, 0) is 25.0 Å². The van der Waals surface area contributed by atoms with Crippen LogP contribution in [0.1, 0.15) is 12.8 Å². The quantitative estimate of drug-likeness (QED) is 0.650. The lowest BCUT2D eigenvalue weighted by Crippen LogP contribution is -2.29. The normalized spacial score (nSPS) is 15.0. The number of para-hydroxylation sites is 2. The predicted octanol–water partition coefficient (Wildman–Crippen LogP) is 1.57. The summed E-state index contributed by atoms with van der Waals surface area (Å²) in [5.74, 6) is -0.154. The van der Waals surface area contributed by atoms with Crippen molar-refractivity contribution in [2.24, 2.45) is 0 Å². The van der Waals surface area contributed by atoms with Crippen LogP contribution in [0.2, 0.25) is 0 Å². The fourth-order valence-corrected chi connectivity index (χ4v) is 2.81. The monoisotopic (exact) mass is 270 g/mol. The van der Waals surface area contributed by atoms with Gasteiger partial charge in [0.2, 0.25) is 0 Å². The molecule has 0 spiro atoms. The summed E-state index contributed by atoms with van der Waals surface area (Å²) in [5, 5.41) is 0. The molecule has 18 heavy (non-hydrogen) atoms. The van der Waals surface area contributed by atoms with Gasteiger partial charge in [0.1, 0.15) is 0 Å². The molecule has 0 saturated heterocycles. The van der Waals surface area contributed by atoms with Gasteiger partial charge in [0.25, 0.3) is 10.1 Å². The van der Waals surface area contributed by atoms with Crippen molar-refractivity contribution in [3.8, 4) is 0 Å². The van der Waals surface area contributed by atoms with Crippen LogP contribution in [0.15, 0.2) is 24.3 Å². The van der Waals surface area contributed by atoms with E-state index < -0.39 is 10.1 Å². The van der Waals surface area contributed by atoms with Crippen molar-refractivity contribution in [3.63, 3.8) is 0 Å². The van der Waals surface area contributed by atoms with Crippen LogP contribution < -0.4 is 9.80 Å². The Bertz CT molecular complexity index is 516. The molecule has 0 unspecified atom stereocenters. The second-order valence-corrected chi connectivity index (χ2v) is 6.16. The fraction of sp³-hybridized carbons (Fsp3) is 0.500. The van der Waals surface area contributed by atoms with Gasteiger partial charge in [0.05, 0.1) is 23.8 Å². The van der Waals surface area contributed by atoms with Crippen LogP contribution in [-0.4, -0.2) is 39.0 Å². The minimum absolute atomic E-state index is 0.154. The van der Waals surface area contributed by atoms with Crippen LogP contribution in [0.3, 0.4) is 0 Å².